The Bertz CT molecular complexity index is 529. The van der Waals surface area contributed by atoms with E-state index < -0.39 is 0 Å². The smallest absolute Gasteiger partial charge is 0.227 e. The van der Waals surface area contributed by atoms with E-state index in [0.717, 1.165) is 58.7 Å². The summed E-state index contributed by atoms with van der Waals surface area (Å²) in [5.41, 5.74) is 3.51. The van der Waals surface area contributed by atoms with Crippen molar-refractivity contribution in [2.24, 2.45) is 11.8 Å². The Morgan fingerprint density at radius 1 is 1.20 bits per heavy atom. The average Bonchev–Trinajstić information content (AvgIpc) is 3.10. The normalized spacial score (nSPS) is 34.8. The van der Waals surface area contributed by atoms with Gasteiger partial charge in [-0.2, -0.15) is 0 Å². The van der Waals surface area contributed by atoms with Gasteiger partial charge >= 0.3 is 0 Å². The number of piperazine rings is 1. The Morgan fingerprint density at radius 3 is 2.70 bits per heavy atom. The molecular weight excluding hydrogens is 382 g/mol. The number of carbonyl (C=O) groups is 1. The Kier molecular flexibility index (Phi) is 9.31. The Labute approximate surface area is 182 Å². The molecule has 2 saturated heterocycles. The van der Waals surface area contributed by atoms with E-state index in [-0.39, 0.29) is 24.1 Å². The Morgan fingerprint density at radius 2 is 2.03 bits per heavy atom. The summed E-state index contributed by atoms with van der Waals surface area (Å²) < 4.78 is 5.99. The van der Waals surface area contributed by atoms with Gasteiger partial charge < -0.3 is 15.4 Å². The van der Waals surface area contributed by atoms with E-state index in [0.29, 0.717) is 24.7 Å². The van der Waals surface area contributed by atoms with Crippen LogP contribution in [0.25, 0.3) is 0 Å². The van der Waals surface area contributed by atoms with E-state index >= 15 is 0 Å². The number of likely N-dealkylation sites (N-methyl/N-ethyl adjacent to an activating group) is 2. The molecule has 0 spiro atoms. The van der Waals surface area contributed by atoms with Crippen molar-refractivity contribution >= 4 is 5.91 Å². The van der Waals surface area contributed by atoms with Gasteiger partial charge in [-0.05, 0) is 38.8 Å². The summed E-state index contributed by atoms with van der Waals surface area (Å²) >= 11 is 0. The number of nitrogens with one attached hydrogen (secondary N) is 5. The van der Waals surface area contributed by atoms with Crippen molar-refractivity contribution in [2.45, 2.75) is 58.1 Å². The minimum Gasteiger partial charge on any atom is -0.378 e. The van der Waals surface area contributed by atoms with Crippen LogP contribution in [0.5, 0.6) is 0 Å². The van der Waals surface area contributed by atoms with E-state index in [1.54, 1.807) is 0 Å². The zero-order chi connectivity index (χ0) is 21.5. The standard InChI is InChI=1S/C21H43N7O2/c1-5-22-8-9-28(6-2)20-13-23-19(12-24-20)25-21(29)16-10-15-14-27(4)26-17(15)11-18(16)30-7-3/h15-20,22-24,26H,5-14H2,1-4H3,(H,25,29). The van der Waals surface area contributed by atoms with Crippen LogP contribution in [0.4, 0.5) is 0 Å². The van der Waals surface area contributed by atoms with Crippen LogP contribution >= 0.6 is 0 Å². The van der Waals surface area contributed by atoms with Crippen LogP contribution in [0.2, 0.25) is 0 Å². The molecule has 0 aromatic carbocycles. The van der Waals surface area contributed by atoms with Crippen molar-refractivity contribution in [3.8, 4) is 0 Å². The predicted octanol–water partition coefficient (Wildman–Crippen LogP) is -0.871. The first-order chi connectivity index (χ1) is 14.5. The average molecular weight is 426 g/mol. The Balaban J connectivity index is 1.48. The number of amides is 1. The maximum atomic E-state index is 13.2. The number of ether oxygens (including phenoxy) is 1. The number of rotatable bonds is 10. The number of hydrogen-bond acceptors (Lipinski definition) is 8. The lowest BCUT2D eigenvalue weighted by Crippen LogP contribution is -2.66. The minimum atomic E-state index is -0.0775. The lowest BCUT2D eigenvalue weighted by atomic mass is 9.76. The monoisotopic (exact) mass is 425 g/mol. The Hall–Kier alpha value is -0.810. The summed E-state index contributed by atoms with van der Waals surface area (Å²) in [6, 6.07) is 0.424. The lowest BCUT2D eigenvalue weighted by molar-refractivity contribution is -0.135. The molecule has 1 aliphatic carbocycles. The topological polar surface area (TPSA) is 92.9 Å². The largest absolute Gasteiger partial charge is 0.378 e. The van der Waals surface area contributed by atoms with E-state index in [1.807, 2.05) is 6.92 Å². The molecule has 0 radical (unpaired) electrons. The number of carbonyl (C=O) groups excluding carboxylic acids is 1. The van der Waals surface area contributed by atoms with Gasteiger partial charge in [0.15, 0.2) is 0 Å². The molecule has 6 unspecified atom stereocenters. The molecule has 2 heterocycles. The molecule has 0 aromatic rings. The molecule has 5 N–H and O–H groups in total. The molecular formula is C21H43N7O2. The van der Waals surface area contributed by atoms with Crippen LogP contribution in [-0.2, 0) is 9.53 Å². The summed E-state index contributed by atoms with van der Waals surface area (Å²) in [5.74, 6) is 0.559. The predicted molar refractivity (Wildman–Crippen MR) is 119 cm³/mol. The SMILES string of the molecule is CCNCCN(CC)C1CNC(NC(=O)C2CC3CN(C)NC3CC2OCC)CN1. The fraction of sp³-hybridized carbons (Fsp3) is 0.952. The highest BCUT2D eigenvalue weighted by Crippen LogP contribution is 2.35. The van der Waals surface area contributed by atoms with Crippen LogP contribution < -0.4 is 26.7 Å². The zero-order valence-corrected chi connectivity index (χ0v) is 19.2. The molecule has 1 amide bonds. The third-order valence-corrected chi connectivity index (χ3v) is 6.78. The molecule has 3 rings (SSSR count). The van der Waals surface area contributed by atoms with Crippen molar-refractivity contribution in [2.75, 3.05) is 59.5 Å². The highest BCUT2D eigenvalue weighted by Gasteiger charge is 2.44. The first kappa shape index (κ1) is 23.8. The van der Waals surface area contributed by atoms with Crippen molar-refractivity contribution in [1.29, 1.82) is 0 Å². The summed E-state index contributed by atoms with van der Waals surface area (Å²) in [7, 11) is 2.08. The second-order valence-electron chi connectivity index (χ2n) is 8.82. The van der Waals surface area contributed by atoms with Gasteiger partial charge in [0.05, 0.1) is 24.4 Å². The van der Waals surface area contributed by atoms with Crippen molar-refractivity contribution in [3.63, 3.8) is 0 Å². The van der Waals surface area contributed by atoms with Crippen LogP contribution in [0.1, 0.15) is 33.6 Å². The third-order valence-electron chi connectivity index (χ3n) is 6.78. The van der Waals surface area contributed by atoms with Gasteiger partial charge in [-0.15, -0.1) is 0 Å². The van der Waals surface area contributed by atoms with Gasteiger partial charge in [-0.3, -0.25) is 25.8 Å². The van der Waals surface area contributed by atoms with Crippen molar-refractivity contribution < 1.29 is 9.53 Å². The molecule has 0 bridgehead atoms. The van der Waals surface area contributed by atoms with E-state index in [1.165, 1.54) is 0 Å². The molecule has 174 valence electrons. The highest BCUT2D eigenvalue weighted by atomic mass is 16.5. The van der Waals surface area contributed by atoms with Gasteiger partial charge in [-0.1, -0.05) is 13.8 Å². The molecule has 2 aliphatic heterocycles. The molecule has 1 saturated carbocycles. The van der Waals surface area contributed by atoms with Crippen LogP contribution in [-0.4, -0.2) is 99.8 Å². The first-order valence-electron chi connectivity index (χ1n) is 11.9. The fourth-order valence-electron chi connectivity index (χ4n) is 5.20. The molecule has 0 aromatic heterocycles. The molecule has 9 heteroatoms. The third kappa shape index (κ3) is 6.12. The van der Waals surface area contributed by atoms with Gasteiger partial charge in [0.2, 0.25) is 5.91 Å². The summed E-state index contributed by atoms with van der Waals surface area (Å²) in [6.45, 7) is 13.6. The van der Waals surface area contributed by atoms with Gasteiger partial charge in [0.25, 0.3) is 0 Å². The number of fused-ring (bicyclic) bond motifs is 1. The van der Waals surface area contributed by atoms with E-state index in [9.17, 15) is 4.79 Å². The molecule has 3 aliphatic rings. The van der Waals surface area contributed by atoms with Crippen LogP contribution in [0, 0.1) is 11.8 Å². The quantitative estimate of drug-likeness (QED) is 0.289. The molecule has 9 nitrogen and oxygen atoms in total. The first-order valence-corrected chi connectivity index (χ1v) is 11.9. The summed E-state index contributed by atoms with van der Waals surface area (Å²) in [6.07, 6.45) is 2.03. The maximum absolute atomic E-state index is 13.2. The summed E-state index contributed by atoms with van der Waals surface area (Å²) in [5, 5.41) is 15.9. The second kappa shape index (κ2) is 11.7. The number of hydrazine groups is 1. The van der Waals surface area contributed by atoms with E-state index in [4.69, 9.17) is 4.74 Å². The van der Waals surface area contributed by atoms with Crippen molar-refractivity contribution in [3.05, 3.63) is 0 Å². The van der Waals surface area contributed by atoms with Crippen LogP contribution in [0.15, 0.2) is 0 Å². The highest BCUT2D eigenvalue weighted by molar-refractivity contribution is 5.79. The van der Waals surface area contributed by atoms with E-state index in [2.05, 4.69) is 57.5 Å². The minimum absolute atomic E-state index is 0.0128. The summed E-state index contributed by atoms with van der Waals surface area (Å²) in [4.78, 5) is 15.6. The van der Waals surface area contributed by atoms with Crippen LogP contribution in [0.3, 0.4) is 0 Å². The molecule has 30 heavy (non-hydrogen) atoms. The molecule has 6 atom stereocenters. The number of hydrogen-bond donors (Lipinski definition) is 5. The number of nitrogens with zero attached hydrogens (tertiary/aromatic N) is 2. The van der Waals surface area contributed by atoms with Gasteiger partial charge in [0.1, 0.15) is 0 Å². The van der Waals surface area contributed by atoms with Gasteiger partial charge in [0, 0.05) is 52.4 Å². The maximum Gasteiger partial charge on any atom is 0.227 e. The fourth-order valence-corrected chi connectivity index (χ4v) is 5.20. The van der Waals surface area contributed by atoms with Gasteiger partial charge in [-0.25, -0.2) is 5.01 Å². The lowest BCUT2D eigenvalue weighted by Gasteiger charge is -2.40. The zero-order valence-electron chi connectivity index (χ0n) is 19.2. The molecule has 3 fully saturated rings. The second-order valence-corrected chi connectivity index (χ2v) is 8.82. The van der Waals surface area contributed by atoms with Crippen molar-refractivity contribution in [1.82, 2.24) is 36.6 Å².